The fraction of sp³-hybridized carbons (Fsp3) is 0.500. The Morgan fingerprint density at radius 2 is 2.33 bits per heavy atom. The van der Waals surface area contributed by atoms with Crippen LogP contribution in [0.5, 0.6) is 0 Å². The summed E-state index contributed by atoms with van der Waals surface area (Å²) in [5.74, 6) is -0.367. The number of rotatable bonds is 2. The minimum atomic E-state index is -0.747. The third kappa shape index (κ3) is 1.85. The summed E-state index contributed by atoms with van der Waals surface area (Å²) >= 11 is 0. The first kappa shape index (κ1) is 10.9. The summed E-state index contributed by atoms with van der Waals surface area (Å²) in [5.41, 5.74) is 0.575. The van der Waals surface area contributed by atoms with E-state index in [1.807, 2.05) is 11.0 Å². The molecule has 2 aromatic heterocycles. The molecule has 0 spiro atoms. The van der Waals surface area contributed by atoms with Gasteiger partial charge in [-0.15, -0.1) is 14.8 Å². The third-order valence-corrected chi connectivity index (χ3v) is 3.15. The number of anilines is 1. The van der Waals surface area contributed by atoms with Crippen molar-refractivity contribution in [2.24, 2.45) is 5.92 Å². The van der Waals surface area contributed by atoms with Crippen LogP contribution in [0.3, 0.4) is 0 Å². The number of hydrogen-bond acceptors (Lipinski definition) is 6. The van der Waals surface area contributed by atoms with Crippen molar-refractivity contribution in [3.05, 3.63) is 12.1 Å². The molecule has 0 amide bonds. The third-order valence-electron chi connectivity index (χ3n) is 3.15. The predicted octanol–water partition coefficient (Wildman–Crippen LogP) is -0.180. The van der Waals surface area contributed by atoms with Crippen LogP contribution in [0, 0.1) is 5.92 Å². The first-order chi connectivity index (χ1) is 8.74. The summed E-state index contributed by atoms with van der Waals surface area (Å²) in [4.78, 5) is 13.0. The average molecular weight is 248 g/mol. The van der Waals surface area contributed by atoms with Crippen molar-refractivity contribution in [1.29, 1.82) is 0 Å². The second-order valence-electron chi connectivity index (χ2n) is 4.34. The number of fused-ring (bicyclic) bond motifs is 1. The van der Waals surface area contributed by atoms with Crippen LogP contribution in [0.4, 0.5) is 5.82 Å². The van der Waals surface area contributed by atoms with Gasteiger partial charge in [-0.05, 0) is 35.4 Å². The number of piperidine rings is 1. The molecule has 0 radical (unpaired) electrons. The van der Waals surface area contributed by atoms with Gasteiger partial charge in [-0.3, -0.25) is 4.79 Å². The summed E-state index contributed by atoms with van der Waals surface area (Å²) in [7, 11) is 0. The first-order valence-electron chi connectivity index (χ1n) is 5.77. The first-order valence-corrected chi connectivity index (χ1v) is 5.77. The van der Waals surface area contributed by atoms with Gasteiger partial charge in [0.2, 0.25) is 0 Å². The molecule has 0 aliphatic carbocycles. The zero-order valence-corrected chi connectivity index (χ0v) is 9.60. The van der Waals surface area contributed by atoms with E-state index in [1.165, 1.54) is 4.63 Å². The van der Waals surface area contributed by atoms with E-state index in [0.717, 1.165) is 19.4 Å². The molecule has 1 fully saturated rings. The molecule has 1 atom stereocenters. The fourth-order valence-electron chi connectivity index (χ4n) is 2.20. The smallest absolute Gasteiger partial charge is 0.308 e. The topological polar surface area (TPSA) is 96.5 Å². The van der Waals surface area contributed by atoms with Crippen LogP contribution in [0.1, 0.15) is 12.8 Å². The molecule has 0 saturated carbocycles. The minimum Gasteiger partial charge on any atom is -0.481 e. The van der Waals surface area contributed by atoms with Gasteiger partial charge in [0, 0.05) is 13.1 Å². The van der Waals surface area contributed by atoms with Crippen molar-refractivity contribution in [1.82, 2.24) is 25.3 Å². The van der Waals surface area contributed by atoms with Crippen LogP contribution < -0.4 is 4.90 Å². The number of nitrogens with zero attached hydrogens (tertiary/aromatic N) is 6. The highest BCUT2D eigenvalue weighted by Gasteiger charge is 2.26. The molecule has 1 N–H and O–H groups in total. The second kappa shape index (κ2) is 4.21. The lowest BCUT2D eigenvalue weighted by Crippen LogP contribution is -2.39. The molecular formula is C10H12N6O2. The lowest BCUT2D eigenvalue weighted by molar-refractivity contribution is -0.141. The molecule has 0 bridgehead atoms. The summed E-state index contributed by atoms with van der Waals surface area (Å²) in [5, 5.41) is 24.3. The number of hydrogen-bond donors (Lipinski definition) is 1. The number of carboxylic acids is 1. The van der Waals surface area contributed by atoms with E-state index in [4.69, 9.17) is 5.11 Å². The van der Waals surface area contributed by atoms with Gasteiger partial charge in [0.25, 0.3) is 0 Å². The Labute approximate surface area is 102 Å². The van der Waals surface area contributed by atoms with Crippen LogP contribution in [0.15, 0.2) is 12.1 Å². The van der Waals surface area contributed by atoms with E-state index in [1.54, 1.807) is 6.07 Å². The van der Waals surface area contributed by atoms with E-state index >= 15 is 0 Å². The molecule has 18 heavy (non-hydrogen) atoms. The highest BCUT2D eigenvalue weighted by atomic mass is 16.4. The molecule has 1 aliphatic rings. The van der Waals surface area contributed by atoms with Crippen LogP contribution in [0.2, 0.25) is 0 Å². The van der Waals surface area contributed by atoms with Gasteiger partial charge in [0.15, 0.2) is 11.5 Å². The number of aliphatic carboxylic acids is 1. The van der Waals surface area contributed by atoms with Gasteiger partial charge in [0.05, 0.1) is 5.92 Å². The second-order valence-corrected chi connectivity index (χ2v) is 4.34. The van der Waals surface area contributed by atoms with Gasteiger partial charge in [-0.1, -0.05) is 0 Å². The molecule has 0 unspecified atom stereocenters. The normalized spacial score (nSPS) is 20.2. The predicted molar refractivity (Wildman–Crippen MR) is 61.1 cm³/mol. The lowest BCUT2D eigenvalue weighted by atomic mass is 9.98. The van der Waals surface area contributed by atoms with E-state index in [2.05, 4.69) is 20.6 Å². The zero-order valence-electron chi connectivity index (χ0n) is 9.60. The van der Waals surface area contributed by atoms with Crippen LogP contribution >= 0.6 is 0 Å². The Balaban J connectivity index is 1.86. The molecule has 3 heterocycles. The van der Waals surface area contributed by atoms with Gasteiger partial charge in [-0.25, -0.2) is 0 Å². The highest BCUT2D eigenvalue weighted by Crippen LogP contribution is 2.21. The van der Waals surface area contributed by atoms with E-state index in [-0.39, 0.29) is 5.92 Å². The molecule has 94 valence electrons. The Kier molecular flexibility index (Phi) is 2.54. The monoisotopic (exact) mass is 248 g/mol. The minimum absolute atomic E-state index is 0.329. The SMILES string of the molecule is O=C(O)[C@@H]1CCCN(c2ccc3nnnn3n2)C1. The molecule has 0 aromatic carbocycles. The van der Waals surface area contributed by atoms with Crippen LogP contribution in [0.25, 0.3) is 5.65 Å². The standard InChI is InChI=1S/C10H12N6O2/c17-10(18)7-2-1-5-15(6-7)9-4-3-8-11-13-14-16(8)12-9/h3-4,7H,1-2,5-6H2,(H,17,18)/t7-/m1/s1. The largest absolute Gasteiger partial charge is 0.481 e. The van der Waals surface area contributed by atoms with Crippen LogP contribution in [-0.2, 0) is 4.79 Å². The van der Waals surface area contributed by atoms with Crippen molar-refractivity contribution < 1.29 is 9.90 Å². The summed E-state index contributed by atoms with van der Waals surface area (Å²) in [6, 6.07) is 3.59. The molecular weight excluding hydrogens is 236 g/mol. The van der Waals surface area contributed by atoms with E-state index < -0.39 is 5.97 Å². The average Bonchev–Trinajstić information content (AvgIpc) is 2.86. The van der Waals surface area contributed by atoms with E-state index in [0.29, 0.717) is 18.0 Å². The molecule has 1 aliphatic heterocycles. The van der Waals surface area contributed by atoms with E-state index in [9.17, 15) is 4.79 Å². The molecule has 2 aromatic rings. The van der Waals surface area contributed by atoms with Gasteiger partial charge in [0.1, 0.15) is 0 Å². The van der Waals surface area contributed by atoms with Gasteiger partial charge < -0.3 is 10.0 Å². The summed E-state index contributed by atoms with van der Waals surface area (Å²) < 4.78 is 1.35. The molecule has 8 heteroatoms. The van der Waals surface area contributed by atoms with Crippen molar-refractivity contribution in [2.45, 2.75) is 12.8 Å². The Morgan fingerprint density at radius 3 is 3.17 bits per heavy atom. The van der Waals surface area contributed by atoms with Crippen molar-refractivity contribution in [3.63, 3.8) is 0 Å². The summed E-state index contributed by atoms with van der Waals surface area (Å²) in [6.45, 7) is 1.29. The number of tetrazole rings is 1. The quantitative estimate of drug-likeness (QED) is 0.787. The maximum Gasteiger partial charge on any atom is 0.308 e. The highest BCUT2D eigenvalue weighted by molar-refractivity contribution is 5.71. The maximum atomic E-state index is 11.0. The van der Waals surface area contributed by atoms with Crippen LogP contribution in [-0.4, -0.2) is 49.4 Å². The van der Waals surface area contributed by atoms with Gasteiger partial charge >= 0.3 is 5.97 Å². The Morgan fingerprint density at radius 1 is 1.44 bits per heavy atom. The molecule has 8 nitrogen and oxygen atoms in total. The Hall–Kier alpha value is -2.25. The zero-order chi connectivity index (χ0) is 12.5. The lowest BCUT2D eigenvalue weighted by Gasteiger charge is -2.31. The van der Waals surface area contributed by atoms with Crippen molar-refractivity contribution in [2.75, 3.05) is 18.0 Å². The summed E-state index contributed by atoms with van der Waals surface area (Å²) in [6.07, 6.45) is 1.57. The van der Waals surface area contributed by atoms with Gasteiger partial charge in [-0.2, -0.15) is 0 Å². The molecule has 3 rings (SSSR count). The molecule has 1 saturated heterocycles. The van der Waals surface area contributed by atoms with Crippen molar-refractivity contribution >= 4 is 17.4 Å². The number of carboxylic acid groups (broad SMARTS) is 1. The fourth-order valence-corrected chi connectivity index (χ4v) is 2.20. The number of carbonyl (C=O) groups is 1. The van der Waals surface area contributed by atoms with Crippen molar-refractivity contribution in [3.8, 4) is 0 Å². The number of aromatic nitrogens is 5. The Bertz CT molecular complexity index is 583. The maximum absolute atomic E-state index is 11.0.